The normalized spacial score (nSPS) is 19.7. The highest BCUT2D eigenvalue weighted by atomic mass is 16.3. The monoisotopic (exact) mass is 366 g/mol. The number of benzene rings is 1. The summed E-state index contributed by atoms with van der Waals surface area (Å²) in [6, 6.07) is 7.17. The number of nitrogens with zero attached hydrogens (tertiary/aromatic N) is 4. The topological polar surface area (TPSA) is 86.6 Å². The van der Waals surface area contributed by atoms with E-state index in [0.717, 1.165) is 17.7 Å². The molecule has 7 heteroatoms. The maximum Gasteiger partial charge on any atom is 0.225 e. The van der Waals surface area contributed by atoms with Crippen molar-refractivity contribution in [2.75, 3.05) is 31.1 Å². The average molecular weight is 366 g/mol. The molecule has 2 aliphatic rings. The summed E-state index contributed by atoms with van der Waals surface area (Å²) in [5, 5.41) is 10.2. The average Bonchev–Trinajstić information content (AvgIpc) is 2.67. The number of phenols is 1. The molecule has 1 aromatic heterocycles. The molecular formula is C20H22N4O3. The zero-order chi connectivity index (χ0) is 19.0. The Hall–Kier alpha value is -2.96. The van der Waals surface area contributed by atoms with Crippen LogP contribution in [0.5, 0.6) is 5.75 Å². The van der Waals surface area contributed by atoms with Crippen LogP contribution in [-0.2, 0) is 11.2 Å². The van der Waals surface area contributed by atoms with E-state index in [1.807, 2.05) is 19.1 Å². The summed E-state index contributed by atoms with van der Waals surface area (Å²) in [6.45, 7) is 4.48. The number of para-hydroxylation sites is 1. The fourth-order valence-corrected chi connectivity index (χ4v) is 3.98. The van der Waals surface area contributed by atoms with Crippen molar-refractivity contribution in [3.8, 4) is 5.75 Å². The first-order chi connectivity index (χ1) is 13.1. The van der Waals surface area contributed by atoms with Gasteiger partial charge in [0.05, 0.1) is 17.0 Å². The number of carbonyl (C=O) groups excluding carboxylic acids is 2. The van der Waals surface area contributed by atoms with E-state index in [2.05, 4.69) is 9.88 Å². The molecule has 1 atom stereocenters. The van der Waals surface area contributed by atoms with Crippen molar-refractivity contribution in [3.05, 3.63) is 46.8 Å². The van der Waals surface area contributed by atoms with Crippen molar-refractivity contribution in [3.63, 3.8) is 0 Å². The smallest absolute Gasteiger partial charge is 0.225 e. The van der Waals surface area contributed by atoms with Crippen LogP contribution in [-0.4, -0.2) is 58.3 Å². The van der Waals surface area contributed by atoms with Gasteiger partial charge < -0.3 is 14.9 Å². The Morgan fingerprint density at radius 2 is 1.85 bits per heavy atom. The highest BCUT2D eigenvalue weighted by molar-refractivity contribution is 5.99. The van der Waals surface area contributed by atoms with Crippen LogP contribution in [0.15, 0.2) is 24.3 Å². The lowest BCUT2D eigenvalue weighted by molar-refractivity contribution is -0.118. The first kappa shape index (κ1) is 17.5. The standard InChI is InChI=1S/C20H22N4O3/c1-13-19-16(22-20(21-13)24-8-6-23(12-25)7-9-24)10-14(11-18(19)27)15-4-2-3-5-17(15)26/h2-5,12,14,26H,6-11H2,1H3/t14-/m1/s1. The van der Waals surface area contributed by atoms with Gasteiger partial charge in [-0.15, -0.1) is 0 Å². The highest BCUT2D eigenvalue weighted by Gasteiger charge is 2.32. The van der Waals surface area contributed by atoms with Crippen molar-refractivity contribution in [1.29, 1.82) is 0 Å². The fraction of sp³-hybridized carbons (Fsp3) is 0.400. The maximum atomic E-state index is 12.8. The molecule has 140 valence electrons. The van der Waals surface area contributed by atoms with Crippen LogP contribution in [0.2, 0.25) is 0 Å². The number of hydrogen-bond acceptors (Lipinski definition) is 6. The quantitative estimate of drug-likeness (QED) is 0.832. The Morgan fingerprint density at radius 3 is 2.56 bits per heavy atom. The van der Waals surface area contributed by atoms with E-state index < -0.39 is 0 Å². The number of amides is 1. The molecule has 1 amide bonds. The molecule has 0 unspecified atom stereocenters. The molecule has 1 saturated heterocycles. The van der Waals surface area contributed by atoms with Crippen LogP contribution in [0.1, 0.15) is 39.6 Å². The van der Waals surface area contributed by atoms with Crippen molar-refractivity contribution >= 4 is 18.1 Å². The van der Waals surface area contributed by atoms with Gasteiger partial charge in [0, 0.05) is 38.5 Å². The zero-order valence-electron chi connectivity index (χ0n) is 15.3. The number of aryl methyl sites for hydroxylation is 1. The van der Waals surface area contributed by atoms with E-state index in [0.29, 0.717) is 56.2 Å². The number of aromatic nitrogens is 2. The summed E-state index contributed by atoms with van der Waals surface area (Å²) in [6.07, 6.45) is 1.82. The van der Waals surface area contributed by atoms with Gasteiger partial charge in [0.2, 0.25) is 12.4 Å². The van der Waals surface area contributed by atoms with Crippen LogP contribution < -0.4 is 4.90 Å². The summed E-state index contributed by atoms with van der Waals surface area (Å²) in [5.41, 5.74) is 2.86. The lowest BCUT2D eigenvalue weighted by Gasteiger charge is -2.33. The van der Waals surface area contributed by atoms with Crippen LogP contribution in [0.3, 0.4) is 0 Å². The van der Waals surface area contributed by atoms with Gasteiger partial charge in [0.1, 0.15) is 5.75 Å². The number of phenolic OH excluding ortho intramolecular Hbond substituents is 1. The van der Waals surface area contributed by atoms with Crippen molar-refractivity contribution < 1.29 is 14.7 Å². The molecular weight excluding hydrogens is 344 g/mol. The summed E-state index contributed by atoms with van der Waals surface area (Å²) >= 11 is 0. The highest BCUT2D eigenvalue weighted by Crippen LogP contribution is 2.37. The van der Waals surface area contributed by atoms with Crippen molar-refractivity contribution in [2.45, 2.75) is 25.7 Å². The second-order valence-corrected chi connectivity index (χ2v) is 7.15. The Bertz CT molecular complexity index is 891. The number of Topliss-reactive ketones (excluding diaryl/α,β-unsaturated/α-hetero) is 1. The van der Waals surface area contributed by atoms with Crippen LogP contribution in [0.4, 0.5) is 5.95 Å². The molecule has 1 aliphatic carbocycles. The lowest BCUT2D eigenvalue weighted by Crippen LogP contribution is -2.46. The summed E-state index contributed by atoms with van der Waals surface area (Å²) in [5.74, 6) is 0.775. The third-order valence-corrected chi connectivity index (χ3v) is 5.43. The summed E-state index contributed by atoms with van der Waals surface area (Å²) in [7, 11) is 0. The minimum absolute atomic E-state index is 0.0272. The molecule has 0 spiro atoms. The Balaban J connectivity index is 1.65. The SMILES string of the molecule is Cc1nc(N2CCN(C=O)CC2)nc2c1C(=O)C[C@H](c1ccccc1O)C2. The predicted molar refractivity (Wildman–Crippen MR) is 100 cm³/mol. The number of ketones is 1. The molecule has 2 heterocycles. The van der Waals surface area contributed by atoms with Gasteiger partial charge in [0.15, 0.2) is 5.78 Å². The Labute approximate surface area is 157 Å². The zero-order valence-corrected chi connectivity index (χ0v) is 15.3. The fourth-order valence-electron chi connectivity index (χ4n) is 3.98. The Kier molecular flexibility index (Phi) is 4.51. The number of rotatable bonds is 3. The van der Waals surface area contributed by atoms with Gasteiger partial charge in [-0.2, -0.15) is 0 Å². The molecule has 4 rings (SSSR count). The molecule has 1 aliphatic heterocycles. The van der Waals surface area contributed by atoms with Crippen LogP contribution in [0, 0.1) is 6.92 Å². The van der Waals surface area contributed by atoms with E-state index in [1.165, 1.54) is 0 Å². The van der Waals surface area contributed by atoms with Gasteiger partial charge >= 0.3 is 0 Å². The molecule has 1 N–H and O–H groups in total. The first-order valence-corrected chi connectivity index (χ1v) is 9.19. The minimum Gasteiger partial charge on any atom is -0.508 e. The van der Waals surface area contributed by atoms with Gasteiger partial charge in [-0.3, -0.25) is 9.59 Å². The molecule has 1 fully saturated rings. The second-order valence-electron chi connectivity index (χ2n) is 7.15. The first-order valence-electron chi connectivity index (χ1n) is 9.19. The van der Waals surface area contributed by atoms with Gasteiger partial charge in [-0.1, -0.05) is 18.2 Å². The van der Waals surface area contributed by atoms with E-state index in [-0.39, 0.29) is 17.5 Å². The number of carbonyl (C=O) groups is 2. The van der Waals surface area contributed by atoms with E-state index >= 15 is 0 Å². The molecule has 27 heavy (non-hydrogen) atoms. The third kappa shape index (κ3) is 3.25. The number of hydrogen-bond donors (Lipinski definition) is 1. The minimum atomic E-state index is -0.0831. The summed E-state index contributed by atoms with van der Waals surface area (Å²) < 4.78 is 0. The van der Waals surface area contributed by atoms with Gasteiger partial charge in [0.25, 0.3) is 0 Å². The van der Waals surface area contributed by atoms with Crippen LogP contribution >= 0.6 is 0 Å². The van der Waals surface area contributed by atoms with Gasteiger partial charge in [-0.25, -0.2) is 9.97 Å². The third-order valence-electron chi connectivity index (χ3n) is 5.43. The molecule has 0 radical (unpaired) electrons. The van der Waals surface area contributed by atoms with E-state index in [1.54, 1.807) is 17.0 Å². The maximum absolute atomic E-state index is 12.8. The number of anilines is 1. The van der Waals surface area contributed by atoms with E-state index in [9.17, 15) is 14.7 Å². The number of aromatic hydroxyl groups is 1. The second kappa shape index (κ2) is 6.98. The van der Waals surface area contributed by atoms with Crippen LogP contribution in [0.25, 0.3) is 0 Å². The molecule has 2 aromatic rings. The molecule has 1 aromatic carbocycles. The molecule has 7 nitrogen and oxygen atoms in total. The van der Waals surface area contributed by atoms with Crippen molar-refractivity contribution in [1.82, 2.24) is 14.9 Å². The summed E-state index contributed by atoms with van der Waals surface area (Å²) in [4.78, 5) is 36.7. The number of piperazine rings is 1. The largest absolute Gasteiger partial charge is 0.508 e. The van der Waals surface area contributed by atoms with Crippen molar-refractivity contribution in [2.24, 2.45) is 0 Å². The lowest BCUT2D eigenvalue weighted by atomic mass is 9.81. The van der Waals surface area contributed by atoms with Gasteiger partial charge in [-0.05, 0) is 25.0 Å². The molecule has 0 saturated carbocycles. The Morgan fingerprint density at radius 1 is 1.11 bits per heavy atom. The molecule has 0 bridgehead atoms. The number of fused-ring (bicyclic) bond motifs is 1. The van der Waals surface area contributed by atoms with E-state index in [4.69, 9.17) is 4.98 Å². The predicted octanol–water partition coefficient (Wildman–Crippen LogP) is 1.68.